The number of amides is 1. The normalized spacial score (nSPS) is 12.3. The van der Waals surface area contributed by atoms with Gasteiger partial charge in [-0.25, -0.2) is 14.2 Å². The van der Waals surface area contributed by atoms with Gasteiger partial charge in [0.05, 0.1) is 6.04 Å². The third-order valence-corrected chi connectivity index (χ3v) is 3.59. The molecule has 0 radical (unpaired) electrons. The fourth-order valence-electron chi connectivity index (χ4n) is 2.19. The second-order valence-corrected chi connectivity index (χ2v) is 5.43. The number of imidazole rings is 1. The third kappa shape index (κ3) is 3.09. The molecule has 0 aliphatic rings. The lowest BCUT2D eigenvalue weighted by Gasteiger charge is -2.13. The highest BCUT2D eigenvalue weighted by Crippen LogP contribution is 2.14. The quantitative estimate of drug-likeness (QED) is 0.721. The van der Waals surface area contributed by atoms with Crippen molar-refractivity contribution >= 4 is 23.2 Å². The molecule has 2 aromatic heterocycles. The summed E-state index contributed by atoms with van der Waals surface area (Å²) in [6, 6.07) is 6.94. The fraction of sp³-hybridized carbons (Fsp3) is 0.133. The lowest BCUT2D eigenvalue weighted by atomic mass is 10.1. The van der Waals surface area contributed by atoms with Crippen molar-refractivity contribution in [1.29, 1.82) is 0 Å². The Hall–Kier alpha value is -2.67. The Bertz CT molecular complexity index is 933. The van der Waals surface area contributed by atoms with Gasteiger partial charge in [0.15, 0.2) is 0 Å². The average molecular weight is 335 g/mol. The van der Waals surface area contributed by atoms with Crippen molar-refractivity contribution in [2.45, 2.75) is 13.0 Å². The minimum Gasteiger partial charge on any atom is -0.344 e. The number of halogens is 2. The van der Waals surface area contributed by atoms with Crippen LogP contribution in [0.25, 0.3) is 5.65 Å². The van der Waals surface area contributed by atoms with Gasteiger partial charge in [0, 0.05) is 12.3 Å². The van der Waals surface area contributed by atoms with Crippen LogP contribution in [-0.2, 0) is 0 Å². The summed E-state index contributed by atoms with van der Waals surface area (Å²) in [6.07, 6.45) is 1.33. The first kappa shape index (κ1) is 15.2. The van der Waals surface area contributed by atoms with E-state index in [2.05, 4.69) is 15.3 Å². The zero-order valence-electron chi connectivity index (χ0n) is 12.0. The van der Waals surface area contributed by atoms with Crippen molar-refractivity contribution in [3.05, 3.63) is 69.2 Å². The Kier molecular flexibility index (Phi) is 3.87. The number of hydrogen-bond acceptors (Lipinski definition) is 3. The van der Waals surface area contributed by atoms with Gasteiger partial charge in [-0.2, -0.15) is 0 Å². The van der Waals surface area contributed by atoms with Crippen LogP contribution in [-0.4, -0.2) is 20.3 Å². The molecule has 3 aromatic rings. The highest BCUT2D eigenvalue weighted by Gasteiger charge is 2.16. The first-order valence-electron chi connectivity index (χ1n) is 6.78. The smallest absolute Gasteiger partial charge is 0.332 e. The van der Waals surface area contributed by atoms with E-state index in [0.717, 1.165) is 5.56 Å². The number of carbonyl (C=O) groups excluding carboxylic acids is 1. The molecule has 0 bridgehead atoms. The molecule has 0 aliphatic heterocycles. The van der Waals surface area contributed by atoms with Gasteiger partial charge in [0.1, 0.15) is 22.3 Å². The zero-order valence-corrected chi connectivity index (χ0v) is 12.8. The first-order valence-corrected chi connectivity index (χ1v) is 7.16. The molecule has 2 heterocycles. The predicted molar refractivity (Wildman–Crippen MR) is 83.1 cm³/mol. The van der Waals surface area contributed by atoms with E-state index in [-0.39, 0.29) is 28.4 Å². The van der Waals surface area contributed by atoms with Crippen LogP contribution in [0.2, 0.25) is 5.15 Å². The first-order chi connectivity index (χ1) is 10.9. The van der Waals surface area contributed by atoms with Crippen molar-refractivity contribution in [1.82, 2.24) is 19.7 Å². The van der Waals surface area contributed by atoms with Crippen molar-refractivity contribution in [3.63, 3.8) is 0 Å². The largest absolute Gasteiger partial charge is 0.344 e. The predicted octanol–water partition coefficient (Wildman–Crippen LogP) is 2.31. The summed E-state index contributed by atoms with van der Waals surface area (Å²) < 4.78 is 14.1. The molecule has 0 spiro atoms. The standard InChI is InChI=1S/C15H12ClFN4O2/c1-8(9-2-4-10(17)5-3-9)18-14(22)11-7-21-13(19-11)6-12(16)20-15(21)23/h2-8H,1H3,(H,18,22)(H,20,23)/t8-/m1/s1. The molecule has 2 N–H and O–H groups in total. The SMILES string of the molecule is C[C@@H](NC(=O)c1cn2c(=O)[nH]c(Cl)cc2n1)c1ccc(F)cc1. The van der Waals surface area contributed by atoms with Gasteiger partial charge >= 0.3 is 5.69 Å². The van der Waals surface area contributed by atoms with E-state index in [9.17, 15) is 14.0 Å². The Morgan fingerprint density at radius 2 is 2.09 bits per heavy atom. The Morgan fingerprint density at radius 1 is 1.39 bits per heavy atom. The summed E-state index contributed by atoms with van der Waals surface area (Å²) in [7, 11) is 0. The Labute approximate surface area is 134 Å². The number of nitrogens with one attached hydrogen (secondary N) is 2. The number of aromatic nitrogens is 3. The van der Waals surface area contributed by atoms with Gasteiger partial charge in [0.25, 0.3) is 5.91 Å². The number of nitrogens with zero attached hydrogens (tertiary/aromatic N) is 2. The summed E-state index contributed by atoms with van der Waals surface area (Å²) in [5.41, 5.74) is 0.639. The van der Waals surface area contributed by atoms with Crippen LogP contribution in [0.4, 0.5) is 4.39 Å². The lowest BCUT2D eigenvalue weighted by molar-refractivity contribution is 0.0935. The molecule has 6 nitrogen and oxygen atoms in total. The van der Waals surface area contributed by atoms with Crippen LogP contribution in [0.1, 0.15) is 29.0 Å². The maximum Gasteiger partial charge on any atom is 0.332 e. The molecule has 8 heteroatoms. The van der Waals surface area contributed by atoms with E-state index >= 15 is 0 Å². The van der Waals surface area contributed by atoms with Crippen LogP contribution >= 0.6 is 11.6 Å². The molecule has 0 unspecified atom stereocenters. The molecule has 3 rings (SSSR count). The molecule has 23 heavy (non-hydrogen) atoms. The fourth-order valence-corrected chi connectivity index (χ4v) is 2.36. The van der Waals surface area contributed by atoms with Crippen molar-refractivity contribution in [2.75, 3.05) is 0 Å². The van der Waals surface area contributed by atoms with E-state index in [1.165, 1.54) is 28.8 Å². The lowest BCUT2D eigenvalue weighted by Crippen LogP contribution is -2.27. The molecular weight excluding hydrogens is 323 g/mol. The third-order valence-electron chi connectivity index (χ3n) is 3.38. The molecule has 1 aromatic carbocycles. The number of fused-ring (bicyclic) bond motifs is 1. The van der Waals surface area contributed by atoms with E-state index < -0.39 is 11.6 Å². The van der Waals surface area contributed by atoms with Gasteiger partial charge in [-0.1, -0.05) is 23.7 Å². The summed E-state index contributed by atoms with van der Waals surface area (Å²) in [5.74, 6) is -0.787. The van der Waals surface area contributed by atoms with Crippen molar-refractivity contribution in [3.8, 4) is 0 Å². The average Bonchev–Trinajstić information content (AvgIpc) is 2.92. The Balaban J connectivity index is 1.84. The van der Waals surface area contributed by atoms with Gasteiger partial charge in [0.2, 0.25) is 0 Å². The van der Waals surface area contributed by atoms with E-state index in [0.29, 0.717) is 0 Å². The second-order valence-electron chi connectivity index (χ2n) is 5.02. The van der Waals surface area contributed by atoms with Gasteiger partial charge in [-0.3, -0.25) is 14.2 Å². The van der Waals surface area contributed by atoms with Gasteiger partial charge in [-0.15, -0.1) is 0 Å². The molecular formula is C15H12ClFN4O2. The maximum atomic E-state index is 12.9. The molecule has 0 saturated carbocycles. The summed E-state index contributed by atoms with van der Waals surface area (Å²) in [6.45, 7) is 1.77. The number of H-pyrrole nitrogens is 1. The van der Waals surface area contributed by atoms with Crippen molar-refractivity contribution in [2.24, 2.45) is 0 Å². The number of rotatable bonds is 3. The van der Waals surface area contributed by atoms with E-state index in [1.54, 1.807) is 19.1 Å². The number of carbonyl (C=O) groups is 1. The Morgan fingerprint density at radius 3 is 2.78 bits per heavy atom. The highest BCUT2D eigenvalue weighted by molar-refractivity contribution is 6.29. The van der Waals surface area contributed by atoms with Gasteiger partial charge < -0.3 is 5.32 Å². The molecule has 1 atom stereocenters. The molecule has 118 valence electrons. The highest BCUT2D eigenvalue weighted by atomic mass is 35.5. The molecule has 0 fully saturated rings. The summed E-state index contributed by atoms with van der Waals surface area (Å²) >= 11 is 5.75. The second kappa shape index (κ2) is 5.85. The number of aromatic amines is 1. The summed E-state index contributed by atoms with van der Waals surface area (Å²) in [4.78, 5) is 30.5. The molecule has 0 aliphatic carbocycles. The molecule has 1 amide bonds. The summed E-state index contributed by atoms with van der Waals surface area (Å²) in [5, 5.41) is 2.88. The maximum absolute atomic E-state index is 12.9. The molecule has 0 saturated heterocycles. The van der Waals surface area contributed by atoms with Crippen LogP contribution in [0, 0.1) is 5.82 Å². The topological polar surface area (TPSA) is 79.3 Å². The van der Waals surface area contributed by atoms with Crippen LogP contribution in [0.15, 0.2) is 41.3 Å². The van der Waals surface area contributed by atoms with Crippen LogP contribution in [0.3, 0.4) is 0 Å². The van der Waals surface area contributed by atoms with E-state index in [4.69, 9.17) is 11.6 Å². The van der Waals surface area contributed by atoms with Crippen molar-refractivity contribution < 1.29 is 9.18 Å². The number of benzene rings is 1. The van der Waals surface area contributed by atoms with Gasteiger partial charge in [-0.05, 0) is 24.6 Å². The monoisotopic (exact) mass is 334 g/mol. The van der Waals surface area contributed by atoms with Crippen LogP contribution in [0.5, 0.6) is 0 Å². The minimum absolute atomic E-state index is 0.0896. The zero-order chi connectivity index (χ0) is 16.6. The van der Waals surface area contributed by atoms with E-state index in [1.807, 2.05) is 0 Å². The van der Waals surface area contributed by atoms with Crippen LogP contribution < -0.4 is 11.0 Å². The minimum atomic E-state index is -0.481. The number of hydrogen-bond donors (Lipinski definition) is 2.